The SMILES string of the molecule is CCc1nnsc1C(=O)N(C)C(C)c1ccc(OC)cc1. The minimum Gasteiger partial charge on any atom is -0.497 e. The quantitative estimate of drug-likeness (QED) is 0.852. The molecule has 0 saturated heterocycles. The van der Waals surface area contributed by atoms with E-state index in [-0.39, 0.29) is 11.9 Å². The lowest BCUT2D eigenvalue weighted by molar-refractivity contribution is 0.0746. The van der Waals surface area contributed by atoms with Crippen molar-refractivity contribution < 1.29 is 9.53 Å². The van der Waals surface area contributed by atoms with Gasteiger partial charge in [0.05, 0.1) is 18.8 Å². The highest BCUT2D eigenvalue weighted by Crippen LogP contribution is 2.24. The van der Waals surface area contributed by atoms with Crippen LogP contribution in [0.4, 0.5) is 0 Å². The molecule has 1 heterocycles. The normalized spacial score (nSPS) is 12.0. The first-order valence-corrected chi connectivity index (χ1v) is 7.58. The number of aryl methyl sites for hydroxylation is 1. The Balaban J connectivity index is 2.17. The second kappa shape index (κ2) is 6.67. The summed E-state index contributed by atoms with van der Waals surface area (Å²) < 4.78 is 9.03. The van der Waals surface area contributed by atoms with Crippen LogP contribution in [0.25, 0.3) is 0 Å². The summed E-state index contributed by atoms with van der Waals surface area (Å²) in [6, 6.07) is 7.71. The Morgan fingerprint density at radius 2 is 2.05 bits per heavy atom. The van der Waals surface area contributed by atoms with Crippen molar-refractivity contribution in [2.75, 3.05) is 14.2 Å². The maximum Gasteiger partial charge on any atom is 0.267 e. The molecular formula is C15H19N3O2S. The Bertz CT molecular complexity index is 610. The largest absolute Gasteiger partial charge is 0.497 e. The third-order valence-corrected chi connectivity index (χ3v) is 4.34. The number of aromatic nitrogens is 2. The molecule has 0 saturated carbocycles. The topological polar surface area (TPSA) is 55.3 Å². The Labute approximate surface area is 128 Å². The predicted octanol–water partition coefficient (Wildman–Crippen LogP) is 2.94. The van der Waals surface area contributed by atoms with E-state index in [1.54, 1.807) is 19.1 Å². The van der Waals surface area contributed by atoms with Crippen LogP contribution >= 0.6 is 11.5 Å². The summed E-state index contributed by atoms with van der Waals surface area (Å²) in [5, 5.41) is 4.00. The van der Waals surface area contributed by atoms with E-state index in [9.17, 15) is 4.79 Å². The molecule has 2 aromatic rings. The van der Waals surface area contributed by atoms with Crippen molar-refractivity contribution in [2.45, 2.75) is 26.3 Å². The molecule has 0 N–H and O–H groups in total. The molecule has 1 unspecified atom stereocenters. The van der Waals surface area contributed by atoms with Crippen molar-refractivity contribution in [3.63, 3.8) is 0 Å². The summed E-state index contributed by atoms with van der Waals surface area (Å²) in [6.07, 6.45) is 0.711. The molecule has 0 fully saturated rings. The smallest absolute Gasteiger partial charge is 0.267 e. The second-order valence-corrected chi connectivity index (χ2v) is 5.52. The van der Waals surface area contributed by atoms with Gasteiger partial charge in [-0.25, -0.2) is 0 Å². The van der Waals surface area contributed by atoms with Crippen molar-refractivity contribution in [3.8, 4) is 5.75 Å². The Morgan fingerprint density at radius 1 is 1.38 bits per heavy atom. The van der Waals surface area contributed by atoms with Crippen LogP contribution in [0.1, 0.15) is 40.8 Å². The Kier molecular flexibility index (Phi) is 4.90. The zero-order chi connectivity index (χ0) is 15.4. The van der Waals surface area contributed by atoms with Gasteiger partial charge in [0.25, 0.3) is 5.91 Å². The van der Waals surface area contributed by atoms with Gasteiger partial charge in [-0.05, 0) is 42.6 Å². The number of carbonyl (C=O) groups excluding carboxylic acids is 1. The van der Waals surface area contributed by atoms with Gasteiger partial charge in [0.2, 0.25) is 0 Å². The number of nitrogens with zero attached hydrogens (tertiary/aromatic N) is 3. The molecule has 6 heteroatoms. The van der Waals surface area contributed by atoms with Gasteiger partial charge in [-0.2, -0.15) is 0 Å². The van der Waals surface area contributed by atoms with Crippen LogP contribution < -0.4 is 4.74 Å². The third-order valence-electron chi connectivity index (χ3n) is 3.58. The van der Waals surface area contributed by atoms with E-state index < -0.39 is 0 Å². The van der Waals surface area contributed by atoms with Gasteiger partial charge in [0, 0.05) is 7.05 Å². The number of methoxy groups -OCH3 is 1. The highest BCUT2D eigenvalue weighted by atomic mass is 32.1. The molecule has 112 valence electrons. The van der Waals surface area contributed by atoms with Crippen LogP contribution in [-0.4, -0.2) is 34.6 Å². The molecule has 1 aromatic carbocycles. The number of amides is 1. The zero-order valence-corrected chi connectivity index (χ0v) is 13.5. The van der Waals surface area contributed by atoms with Gasteiger partial charge in [0.1, 0.15) is 10.6 Å². The molecular weight excluding hydrogens is 286 g/mol. The summed E-state index contributed by atoms with van der Waals surface area (Å²) in [7, 11) is 3.44. The summed E-state index contributed by atoms with van der Waals surface area (Å²) in [5.41, 5.74) is 1.82. The first-order chi connectivity index (χ1) is 10.1. The van der Waals surface area contributed by atoms with Crippen molar-refractivity contribution in [1.29, 1.82) is 0 Å². The van der Waals surface area contributed by atoms with Gasteiger partial charge in [-0.3, -0.25) is 4.79 Å². The van der Waals surface area contributed by atoms with Gasteiger partial charge >= 0.3 is 0 Å². The lowest BCUT2D eigenvalue weighted by atomic mass is 10.1. The first kappa shape index (κ1) is 15.4. The molecule has 1 atom stereocenters. The van der Waals surface area contributed by atoms with E-state index in [1.165, 1.54) is 0 Å². The molecule has 2 rings (SSSR count). The monoisotopic (exact) mass is 305 g/mol. The number of hydrogen-bond donors (Lipinski definition) is 0. The van der Waals surface area contributed by atoms with Gasteiger partial charge in [-0.1, -0.05) is 23.5 Å². The highest BCUT2D eigenvalue weighted by Gasteiger charge is 2.23. The first-order valence-electron chi connectivity index (χ1n) is 6.80. The molecule has 1 aromatic heterocycles. The second-order valence-electron chi connectivity index (χ2n) is 4.77. The summed E-state index contributed by atoms with van der Waals surface area (Å²) in [6.45, 7) is 3.97. The average Bonchev–Trinajstić information content (AvgIpc) is 3.01. The molecule has 0 aliphatic carbocycles. The van der Waals surface area contributed by atoms with Gasteiger partial charge < -0.3 is 9.64 Å². The minimum atomic E-state index is -0.0369. The number of hydrogen-bond acceptors (Lipinski definition) is 5. The average molecular weight is 305 g/mol. The van der Waals surface area contributed by atoms with Crippen LogP contribution in [-0.2, 0) is 6.42 Å². The van der Waals surface area contributed by atoms with E-state index in [2.05, 4.69) is 9.59 Å². The summed E-state index contributed by atoms with van der Waals surface area (Å²) in [4.78, 5) is 14.9. The number of benzene rings is 1. The number of carbonyl (C=O) groups is 1. The van der Waals surface area contributed by atoms with Gasteiger partial charge in [0.15, 0.2) is 0 Å². The fourth-order valence-corrected chi connectivity index (χ4v) is 2.78. The Hall–Kier alpha value is -1.95. The molecule has 5 nitrogen and oxygen atoms in total. The van der Waals surface area contributed by atoms with Crippen LogP contribution in [0.5, 0.6) is 5.75 Å². The maximum absolute atomic E-state index is 12.6. The lowest BCUT2D eigenvalue weighted by Crippen LogP contribution is -2.29. The minimum absolute atomic E-state index is 0.0322. The summed E-state index contributed by atoms with van der Waals surface area (Å²) >= 11 is 1.16. The number of rotatable bonds is 5. The van der Waals surface area contributed by atoms with Crippen molar-refractivity contribution >= 4 is 17.4 Å². The van der Waals surface area contributed by atoms with Crippen LogP contribution in [0.2, 0.25) is 0 Å². The molecule has 0 spiro atoms. The van der Waals surface area contributed by atoms with Crippen molar-refractivity contribution in [2.24, 2.45) is 0 Å². The molecule has 0 radical (unpaired) electrons. The van der Waals surface area contributed by atoms with Crippen LogP contribution in [0.15, 0.2) is 24.3 Å². The molecule has 1 amide bonds. The third kappa shape index (κ3) is 3.21. The lowest BCUT2D eigenvalue weighted by Gasteiger charge is -2.25. The van der Waals surface area contributed by atoms with Crippen LogP contribution in [0.3, 0.4) is 0 Å². The van der Waals surface area contributed by atoms with E-state index >= 15 is 0 Å². The maximum atomic E-state index is 12.6. The summed E-state index contributed by atoms with van der Waals surface area (Å²) in [5.74, 6) is 0.769. The number of ether oxygens (including phenoxy) is 1. The fraction of sp³-hybridized carbons (Fsp3) is 0.400. The van der Waals surface area contributed by atoms with E-state index in [1.807, 2.05) is 38.1 Å². The molecule has 0 bridgehead atoms. The highest BCUT2D eigenvalue weighted by molar-refractivity contribution is 7.08. The van der Waals surface area contributed by atoms with Gasteiger partial charge in [-0.15, -0.1) is 5.10 Å². The van der Waals surface area contributed by atoms with E-state index in [0.29, 0.717) is 11.3 Å². The zero-order valence-electron chi connectivity index (χ0n) is 12.7. The molecule has 21 heavy (non-hydrogen) atoms. The van der Waals surface area contributed by atoms with Crippen molar-refractivity contribution in [3.05, 3.63) is 40.4 Å². The molecule has 0 aliphatic rings. The fourth-order valence-electron chi connectivity index (χ4n) is 2.04. The standard InChI is InChI=1S/C15H19N3O2S/c1-5-13-14(21-17-16-13)15(19)18(3)10(2)11-6-8-12(20-4)9-7-11/h6-10H,5H2,1-4H3. The van der Waals surface area contributed by atoms with E-state index in [4.69, 9.17) is 4.74 Å². The van der Waals surface area contributed by atoms with Crippen molar-refractivity contribution in [1.82, 2.24) is 14.5 Å². The molecule has 0 aliphatic heterocycles. The Morgan fingerprint density at radius 3 is 2.62 bits per heavy atom. The predicted molar refractivity (Wildman–Crippen MR) is 82.8 cm³/mol. The van der Waals surface area contributed by atoms with E-state index in [0.717, 1.165) is 28.5 Å². The van der Waals surface area contributed by atoms with Crippen LogP contribution in [0, 0.1) is 0 Å².